The first-order valence-corrected chi connectivity index (χ1v) is 40.5. The number of hydrogen-bond acceptors (Lipinski definition) is 11. The van der Waals surface area contributed by atoms with E-state index in [0.29, 0.717) is 60.3 Å². The van der Waals surface area contributed by atoms with Crippen molar-refractivity contribution in [3.05, 3.63) is 373 Å². The third-order valence-electron chi connectivity index (χ3n) is 21.7. The number of aromatic nitrogens is 8. The number of hydrogen-bond donors (Lipinski definition) is 8. The number of aryl methyl sites for hydroxylation is 2. The molecule has 0 saturated heterocycles. The van der Waals surface area contributed by atoms with E-state index in [1.54, 1.807) is 83.4 Å². The van der Waals surface area contributed by atoms with Gasteiger partial charge in [-0.1, -0.05) is 48.5 Å². The number of halogens is 7. The number of aromatic carboxylic acids is 4. The van der Waals surface area contributed by atoms with E-state index in [2.05, 4.69) is 19.9 Å². The molecule has 1 aliphatic rings. The summed E-state index contributed by atoms with van der Waals surface area (Å²) in [6.07, 6.45) is 8.51. The van der Waals surface area contributed by atoms with E-state index < -0.39 is 81.3 Å². The first-order valence-electron chi connectivity index (χ1n) is 37.9. The van der Waals surface area contributed by atoms with Gasteiger partial charge in [-0.15, -0.1) is 34.0 Å². The third-order valence-corrected chi connectivity index (χ3v) is 24.6. The van der Waals surface area contributed by atoms with Crippen molar-refractivity contribution >= 4 is 132 Å². The Labute approximate surface area is 699 Å². The van der Waals surface area contributed by atoms with E-state index in [0.717, 1.165) is 109 Å². The van der Waals surface area contributed by atoms with Gasteiger partial charge in [0.25, 0.3) is 22.2 Å². The quantitative estimate of drug-likeness (QED) is 0.0419. The highest BCUT2D eigenvalue weighted by atomic mass is 32.1. The van der Waals surface area contributed by atoms with Crippen LogP contribution in [-0.4, -0.2) is 82.5 Å². The molecule has 0 aliphatic heterocycles. The first-order chi connectivity index (χ1) is 59.4. The van der Waals surface area contributed by atoms with Crippen LogP contribution in [0.4, 0.5) is 30.7 Å². The molecule has 11 aromatic heterocycles. The Hall–Kier alpha value is -15.0. The van der Waals surface area contributed by atoms with Gasteiger partial charge in [0.2, 0.25) is 0 Å². The molecule has 20 nitrogen and oxygen atoms in total. The van der Waals surface area contributed by atoms with Crippen LogP contribution in [0.25, 0.3) is 118 Å². The lowest BCUT2D eigenvalue weighted by atomic mass is 9.97. The fourth-order valence-corrected chi connectivity index (χ4v) is 19.3. The molecule has 19 aromatic rings. The summed E-state index contributed by atoms with van der Waals surface area (Å²) in [5.74, 6) is -9.32. The lowest BCUT2D eigenvalue weighted by Crippen LogP contribution is -2.14. The second kappa shape index (κ2) is 32.9. The van der Waals surface area contributed by atoms with E-state index in [4.69, 9.17) is 0 Å². The van der Waals surface area contributed by atoms with Gasteiger partial charge in [-0.2, -0.15) is 0 Å². The number of nitrogens with one attached hydrogen (secondary N) is 4. The monoisotopic (exact) mass is 1710 g/mol. The predicted molar refractivity (Wildman–Crippen MR) is 460 cm³/mol. The number of rotatable bonds is 16. The Bertz CT molecular complexity index is 7830. The van der Waals surface area contributed by atoms with Crippen LogP contribution in [0.15, 0.2) is 254 Å². The van der Waals surface area contributed by atoms with Crippen molar-refractivity contribution in [2.75, 3.05) is 0 Å². The van der Waals surface area contributed by atoms with Crippen molar-refractivity contribution < 1.29 is 70.3 Å². The van der Waals surface area contributed by atoms with Crippen molar-refractivity contribution in [1.82, 2.24) is 38.2 Å². The molecular weight excluding hydrogens is 1650 g/mol. The van der Waals surface area contributed by atoms with E-state index >= 15 is 0 Å². The number of H-pyrrole nitrogens is 4. The lowest BCUT2D eigenvalue weighted by molar-refractivity contribution is 0.0676. The van der Waals surface area contributed by atoms with E-state index in [-0.39, 0.29) is 105 Å². The summed E-state index contributed by atoms with van der Waals surface area (Å²) in [4.78, 5) is 111. The Kier molecular flexibility index (Phi) is 21.5. The van der Waals surface area contributed by atoms with Crippen molar-refractivity contribution in [2.24, 2.45) is 0 Å². The van der Waals surface area contributed by atoms with Gasteiger partial charge in [-0.3, -0.25) is 19.2 Å². The molecule has 123 heavy (non-hydrogen) atoms. The molecule has 8 aromatic carbocycles. The highest BCUT2D eigenvalue weighted by molar-refractivity contribution is 7.19. The van der Waals surface area contributed by atoms with Gasteiger partial charge in [0.1, 0.15) is 63.5 Å². The SMILES string of the molecule is O=C(O)c1c(-c2ccc[nH]c2=O)c2c3c(ccc2n1Cc1cc(F)ccc1F)CCC3.O=C(O)c1c(-c2ccc[nH]c2=O)c2c3sccc3ccc2n1Cc1cc(F)ccc1F.O=C(O)c1c(-c2ccc[nH]c2=O)c2c3sccc3ccc2n1Cc1ccc(F)cc1F.O=C(O)c1c(-c2ccc[nH]c2=O)c2c3sccc3ccc2n1Cc1ccccc1F. The Morgan fingerprint density at radius 1 is 0.325 bits per heavy atom. The average molecular weight is 1710 g/mol. The maximum atomic E-state index is 14.4. The number of aromatic amines is 4. The number of pyridine rings is 4. The largest absolute Gasteiger partial charge is 0.477 e. The summed E-state index contributed by atoms with van der Waals surface area (Å²) in [5, 5.41) is 51.6. The van der Waals surface area contributed by atoms with Gasteiger partial charge in [0.15, 0.2) is 0 Å². The van der Waals surface area contributed by atoms with Crippen LogP contribution in [0.5, 0.6) is 0 Å². The van der Waals surface area contributed by atoms with Crippen molar-refractivity contribution in [3.63, 3.8) is 0 Å². The van der Waals surface area contributed by atoms with Gasteiger partial charge in [0.05, 0.1) is 59.4 Å². The van der Waals surface area contributed by atoms with Gasteiger partial charge < -0.3 is 58.6 Å². The van der Waals surface area contributed by atoms with Crippen LogP contribution in [0, 0.1) is 40.7 Å². The van der Waals surface area contributed by atoms with E-state index in [1.165, 1.54) is 84.6 Å². The van der Waals surface area contributed by atoms with Crippen molar-refractivity contribution in [2.45, 2.75) is 45.4 Å². The second-order valence-corrected chi connectivity index (χ2v) is 31.5. The molecule has 612 valence electrons. The fraction of sp³-hybridized carbons (Fsp3) is 0.0753. The smallest absolute Gasteiger partial charge is 0.353 e. The summed E-state index contributed by atoms with van der Waals surface area (Å²) in [6.45, 7) is -0.479. The minimum Gasteiger partial charge on any atom is -0.477 e. The third kappa shape index (κ3) is 14.7. The predicted octanol–water partition coefficient (Wildman–Crippen LogP) is 20.1. The fourth-order valence-electron chi connectivity index (χ4n) is 16.5. The molecule has 0 atom stereocenters. The van der Waals surface area contributed by atoms with Crippen LogP contribution in [0.1, 0.15) is 81.8 Å². The number of carbonyl (C=O) groups is 4. The van der Waals surface area contributed by atoms with Crippen LogP contribution >= 0.6 is 34.0 Å². The van der Waals surface area contributed by atoms with Crippen molar-refractivity contribution in [1.29, 1.82) is 0 Å². The first kappa shape index (κ1) is 80.4. The van der Waals surface area contributed by atoms with Crippen LogP contribution in [-0.2, 0) is 39.0 Å². The summed E-state index contributed by atoms with van der Waals surface area (Å²) in [5.41, 5.74) is 5.04. The van der Waals surface area contributed by atoms with Crippen LogP contribution < -0.4 is 22.2 Å². The van der Waals surface area contributed by atoms with Gasteiger partial charge in [-0.25, -0.2) is 49.9 Å². The summed E-state index contributed by atoms with van der Waals surface area (Å²) in [6, 6.07) is 49.0. The van der Waals surface area contributed by atoms with Gasteiger partial charge in [-0.05, 0) is 202 Å². The van der Waals surface area contributed by atoms with Crippen LogP contribution in [0.3, 0.4) is 0 Å². The number of carboxylic acid groups (broad SMARTS) is 4. The molecule has 0 radical (unpaired) electrons. The second-order valence-electron chi connectivity index (χ2n) is 28.8. The average Bonchev–Trinajstić information content (AvgIpc) is 1.59. The molecule has 1 aliphatic carbocycles. The zero-order valence-electron chi connectivity index (χ0n) is 63.7. The lowest BCUT2D eigenvalue weighted by Gasteiger charge is -2.11. The maximum absolute atomic E-state index is 14.4. The molecule has 0 spiro atoms. The standard InChI is InChI=1S/C24H18F2N2O3.2C23H14F2N2O3S.C23H15FN2O3S/c25-15-7-8-18(26)14(11-15)12-28-19-9-6-13-3-1-4-16(13)20(19)21(22(28)24(30)31)17-5-2-10-27-23(17)29;24-14-4-5-16(25)13(10-14)11-27-17-6-3-12-7-9-31-21(12)19(17)18(20(27)23(29)30)15-2-1-8-26-22(15)28;24-14-5-3-13(16(25)10-14)11-27-17-6-4-12-7-9-31-21(12)19(17)18(20(27)23(29)30)15-2-1-8-26-22(15)28;24-16-6-2-1-4-14(16)12-26-17-8-7-13-9-11-30-21(13)19(17)18(20(26)23(28)29)15-5-3-10-25-22(15)27/h2,5-11H,1,3-4,12H2,(H,27,29)(H,30,31);2*1-10H,11H2,(H,26,28)(H,29,30);1-11H,12H2,(H,25,27)(H,28,29). The Morgan fingerprint density at radius 3 is 1.02 bits per heavy atom. The van der Waals surface area contributed by atoms with Gasteiger partial charge >= 0.3 is 23.9 Å². The molecule has 0 amide bonds. The Balaban J connectivity index is 0.000000116. The zero-order chi connectivity index (χ0) is 85.9. The topological polar surface area (TPSA) is 300 Å². The molecule has 0 saturated carbocycles. The number of fused-ring (bicyclic) bond motifs is 12. The molecule has 20 rings (SSSR count). The Morgan fingerprint density at radius 2 is 0.650 bits per heavy atom. The van der Waals surface area contributed by atoms with Gasteiger partial charge in [0, 0.05) is 122 Å². The highest BCUT2D eigenvalue weighted by Crippen LogP contribution is 2.46. The summed E-state index contributed by atoms with van der Waals surface area (Å²) < 4.78 is 107. The molecule has 0 bridgehead atoms. The molecular formula is C93H61F7N8O12S3. The van der Waals surface area contributed by atoms with E-state index in [1.807, 2.05) is 70.7 Å². The molecule has 30 heteroatoms. The minimum atomic E-state index is -1.27. The molecule has 8 N–H and O–H groups in total. The summed E-state index contributed by atoms with van der Waals surface area (Å²) in [7, 11) is 0. The molecule has 0 unspecified atom stereocenters. The molecule has 0 fully saturated rings. The minimum absolute atomic E-state index is 0.0131. The summed E-state index contributed by atoms with van der Waals surface area (Å²) >= 11 is 4.34. The number of benzene rings is 8. The zero-order valence-corrected chi connectivity index (χ0v) is 66.1. The van der Waals surface area contributed by atoms with Crippen LogP contribution in [0.2, 0.25) is 0 Å². The number of nitrogens with zero attached hydrogens (tertiary/aromatic N) is 4. The van der Waals surface area contributed by atoms with Crippen molar-refractivity contribution in [3.8, 4) is 44.5 Å². The highest BCUT2D eigenvalue weighted by Gasteiger charge is 2.34. The van der Waals surface area contributed by atoms with E-state index in [9.17, 15) is 89.5 Å². The molecule has 11 heterocycles. The normalized spacial score (nSPS) is 11.8. The number of thiophene rings is 3. The maximum Gasteiger partial charge on any atom is 0.353 e. The number of carboxylic acids is 4.